The third-order valence-corrected chi connectivity index (χ3v) is 8.71. The number of anilines is 2. The number of hydrogen-bond donors (Lipinski definition) is 2. The molecule has 1 aromatic carbocycles. The van der Waals surface area contributed by atoms with E-state index in [1.807, 2.05) is 4.90 Å². The van der Waals surface area contributed by atoms with Crippen LogP contribution in [-0.2, 0) is 0 Å². The molecule has 3 fully saturated rings. The van der Waals surface area contributed by atoms with Gasteiger partial charge in [0.25, 0.3) is 11.8 Å². The second-order valence-corrected chi connectivity index (χ2v) is 11.8. The fraction of sp³-hybridized carbons (Fsp3) is 0.500. The molecule has 0 spiro atoms. The highest BCUT2D eigenvalue weighted by Gasteiger charge is 2.35. The van der Waals surface area contributed by atoms with Crippen molar-refractivity contribution in [2.24, 2.45) is 0 Å². The molecule has 12 nitrogen and oxygen atoms in total. The minimum absolute atomic E-state index is 0.00784. The van der Waals surface area contributed by atoms with Gasteiger partial charge < -0.3 is 25.3 Å². The number of nitrogen functional groups attached to an aromatic ring is 1. The van der Waals surface area contributed by atoms with Crippen molar-refractivity contribution in [3.05, 3.63) is 45.9 Å². The van der Waals surface area contributed by atoms with E-state index in [0.29, 0.717) is 29.0 Å². The van der Waals surface area contributed by atoms with Gasteiger partial charge in [-0.05, 0) is 56.4 Å². The van der Waals surface area contributed by atoms with E-state index in [2.05, 4.69) is 42.2 Å². The maximum Gasteiger partial charge on any atom is 0.309 e. The van der Waals surface area contributed by atoms with Crippen LogP contribution in [0.2, 0.25) is 10.2 Å². The Morgan fingerprint density at radius 3 is 2.45 bits per heavy atom. The Labute approximate surface area is 253 Å². The first kappa shape index (κ1) is 28.6. The Morgan fingerprint density at radius 1 is 1.02 bits per heavy atom. The van der Waals surface area contributed by atoms with Crippen LogP contribution in [0.3, 0.4) is 0 Å². The van der Waals surface area contributed by atoms with E-state index < -0.39 is 5.91 Å². The number of carbonyl (C=O) groups is 2. The van der Waals surface area contributed by atoms with Gasteiger partial charge in [0.05, 0.1) is 0 Å². The topological polar surface area (TPSA) is 147 Å². The number of carbonyl (C=O) groups excluding carboxylic acids is 2. The second kappa shape index (κ2) is 12.0. The van der Waals surface area contributed by atoms with Crippen LogP contribution in [0.15, 0.2) is 28.7 Å². The number of amides is 2. The van der Waals surface area contributed by atoms with E-state index >= 15 is 0 Å². The molecule has 0 unspecified atom stereocenters. The van der Waals surface area contributed by atoms with Gasteiger partial charge in [-0.1, -0.05) is 30.1 Å². The maximum atomic E-state index is 13.0. The summed E-state index contributed by atoms with van der Waals surface area (Å²) in [5, 5.41) is 11.4. The molecule has 222 valence electrons. The third-order valence-electron chi connectivity index (χ3n) is 8.21. The zero-order valence-electron chi connectivity index (χ0n) is 23.3. The van der Waals surface area contributed by atoms with E-state index in [4.69, 9.17) is 33.4 Å². The molecule has 0 radical (unpaired) electrons. The molecule has 14 heteroatoms. The van der Waals surface area contributed by atoms with Crippen LogP contribution in [0.25, 0.3) is 11.6 Å². The smallest absolute Gasteiger partial charge is 0.309 e. The zero-order valence-corrected chi connectivity index (χ0v) is 24.8. The van der Waals surface area contributed by atoms with E-state index in [-0.39, 0.29) is 46.4 Å². The molecule has 2 aromatic heterocycles. The molecule has 6 rings (SSSR count). The molecule has 1 aliphatic carbocycles. The van der Waals surface area contributed by atoms with Crippen molar-refractivity contribution in [1.82, 2.24) is 35.3 Å². The molecular formula is C28H33Cl2N9O3. The van der Waals surface area contributed by atoms with Crippen LogP contribution in [-0.4, -0.2) is 92.6 Å². The quantitative estimate of drug-likeness (QED) is 0.405. The summed E-state index contributed by atoms with van der Waals surface area (Å²) in [7, 11) is 0. The lowest BCUT2D eigenvalue weighted by atomic mass is 9.97. The molecule has 3 N–H and O–H groups in total. The number of nitrogens with one attached hydrogen (secondary N) is 1. The Morgan fingerprint density at radius 2 is 1.76 bits per heavy atom. The normalized spacial score (nSPS) is 20.1. The predicted octanol–water partition coefficient (Wildman–Crippen LogP) is 3.51. The third kappa shape index (κ3) is 6.02. The lowest BCUT2D eigenvalue weighted by Crippen LogP contribution is -2.58. The summed E-state index contributed by atoms with van der Waals surface area (Å²) in [6.07, 6.45) is 4.68. The zero-order chi connectivity index (χ0) is 29.4. The fourth-order valence-corrected chi connectivity index (χ4v) is 6.12. The van der Waals surface area contributed by atoms with Gasteiger partial charge in [-0.25, -0.2) is 9.97 Å². The number of rotatable bonds is 7. The number of hydrogen-bond acceptors (Lipinski definition) is 10. The van der Waals surface area contributed by atoms with Crippen molar-refractivity contribution >= 4 is 46.7 Å². The van der Waals surface area contributed by atoms with Gasteiger partial charge in [-0.15, -0.1) is 10.2 Å². The highest BCUT2D eigenvalue weighted by atomic mass is 35.5. The number of benzene rings is 1. The summed E-state index contributed by atoms with van der Waals surface area (Å²) in [4.78, 5) is 40.8. The standard InChI is InChI=1S/C28H33Cl2N9O3/c1-2-19-15-38(13-14-39(19)20-9-11-37(12-10-20)28(41)16-3-5-17(29)6-4-16)24-22(30)33-21(23(31)34-24)26-35-36-27(42-26)25(40)32-18-7-8-18/h3-6,18-20H,2,7-15H2,1H3,(H2,31,34)(H,32,40)/t19-/m0/s1. The SMILES string of the molecule is CC[C@H]1CN(c2nc(N)c(-c3nnc(C(=O)NC4CC4)o3)nc2Cl)CCN1C1CCN(C(=O)c2ccc(Cl)cc2)CC1. The molecule has 2 saturated heterocycles. The van der Waals surface area contributed by atoms with Crippen LogP contribution < -0.4 is 16.0 Å². The van der Waals surface area contributed by atoms with Crippen molar-refractivity contribution in [1.29, 1.82) is 0 Å². The molecule has 3 aliphatic rings. The van der Waals surface area contributed by atoms with E-state index in [0.717, 1.165) is 58.3 Å². The average molecular weight is 615 g/mol. The molecule has 1 atom stereocenters. The molecule has 2 amide bonds. The fourth-order valence-electron chi connectivity index (χ4n) is 5.74. The van der Waals surface area contributed by atoms with Crippen LogP contribution in [0.5, 0.6) is 0 Å². The highest BCUT2D eigenvalue weighted by Crippen LogP contribution is 2.32. The maximum absolute atomic E-state index is 13.0. The number of halogens is 2. The monoisotopic (exact) mass is 613 g/mol. The lowest BCUT2D eigenvalue weighted by Gasteiger charge is -2.47. The summed E-state index contributed by atoms with van der Waals surface area (Å²) in [5.74, 6) is 0.0697. The predicted molar refractivity (Wildman–Crippen MR) is 159 cm³/mol. The van der Waals surface area contributed by atoms with Crippen LogP contribution in [0.4, 0.5) is 11.6 Å². The number of likely N-dealkylation sites (tertiary alicyclic amines) is 1. The Balaban J connectivity index is 1.09. The van der Waals surface area contributed by atoms with Crippen molar-refractivity contribution in [2.75, 3.05) is 43.4 Å². The van der Waals surface area contributed by atoms with Crippen molar-refractivity contribution < 1.29 is 14.0 Å². The first-order valence-electron chi connectivity index (χ1n) is 14.3. The number of nitrogens with two attached hydrogens (primary N) is 1. The minimum Gasteiger partial charge on any atom is -0.410 e. The van der Waals surface area contributed by atoms with Gasteiger partial charge in [0.1, 0.15) is 0 Å². The van der Waals surface area contributed by atoms with Gasteiger partial charge in [0.2, 0.25) is 0 Å². The lowest BCUT2D eigenvalue weighted by molar-refractivity contribution is 0.0490. The first-order chi connectivity index (χ1) is 20.3. The molecule has 3 aromatic rings. The second-order valence-electron chi connectivity index (χ2n) is 11.0. The summed E-state index contributed by atoms with van der Waals surface area (Å²) in [6, 6.07) is 7.91. The minimum atomic E-state index is -0.423. The Bertz CT molecular complexity index is 1460. The van der Waals surface area contributed by atoms with Crippen LogP contribution >= 0.6 is 23.2 Å². The van der Waals surface area contributed by atoms with E-state index in [1.165, 1.54) is 0 Å². The number of nitrogens with zero attached hydrogens (tertiary/aromatic N) is 7. The molecule has 4 heterocycles. The molecular weight excluding hydrogens is 581 g/mol. The van der Waals surface area contributed by atoms with Crippen molar-refractivity contribution in [3.63, 3.8) is 0 Å². The average Bonchev–Trinajstić information content (AvgIpc) is 3.68. The number of piperidine rings is 1. The van der Waals surface area contributed by atoms with Gasteiger partial charge in [-0.2, -0.15) is 0 Å². The summed E-state index contributed by atoms with van der Waals surface area (Å²) >= 11 is 12.6. The van der Waals surface area contributed by atoms with Crippen molar-refractivity contribution in [2.45, 2.75) is 57.2 Å². The van der Waals surface area contributed by atoms with E-state index in [1.54, 1.807) is 24.3 Å². The van der Waals surface area contributed by atoms with Crippen molar-refractivity contribution in [3.8, 4) is 11.6 Å². The molecule has 1 saturated carbocycles. The number of aromatic nitrogens is 4. The Kier molecular flexibility index (Phi) is 8.19. The van der Waals surface area contributed by atoms with Gasteiger partial charge in [0.15, 0.2) is 22.5 Å². The van der Waals surface area contributed by atoms with E-state index in [9.17, 15) is 9.59 Å². The number of piperazine rings is 1. The van der Waals surface area contributed by atoms with Gasteiger partial charge in [0, 0.05) is 61.4 Å². The summed E-state index contributed by atoms with van der Waals surface area (Å²) in [5.41, 5.74) is 7.08. The van der Waals surface area contributed by atoms with Gasteiger partial charge in [-0.3, -0.25) is 14.5 Å². The van der Waals surface area contributed by atoms with Gasteiger partial charge >= 0.3 is 11.8 Å². The largest absolute Gasteiger partial charge is 0.410 e. The molecule has 2 aliphatic heterocycles. The first-order valence-corrected chi connectivity index (χ1v) is 15.1. The van der Waals surface area contributed by atoms with Crippen LogP contribution in [0, 0.1) is 0 Å². The van der Waals surface area contributed by atoms with Crippen LogP contribution in [0.1, 0.15) is 60.1 Å². The molecule has 42 heavy (non-hydrogen) atoms. The Hall–Kier alpha value is -3.48. The summed E-state index contributed by atoms with van der Waals surface area (Å²) < 4.78 is 5.52. The summed E-state index contributed by atoms with van der Waals surface area (Å²) in [6.45, 7) is 5.88. The molecule has 0 bridgehead atoms. The highest BCUT2D eigenvalue weighted by molar-refractivity contribution is 6.32.